The third-order valence-electron chi connectivity index (χ3n) is 4.12. The van der Waals surface area contributed by atoms with Crippen molar-refractivity contribution in [2.24, 2.45) is 0 Å². The predicted molar refractivity (Wildman–Crippen MR) is 101 cm³/mol. The average molecular weight is 378 g/mol. The fraction of sp³-hybridized carbons (Fsp3) is 0.0476. The van der Waals surface area contributed by atoms with Gasteiger partial charge in [0.1, 0.15) is 5.82 Å². The number of benzene rings is 3. The first kappa shape index (κ1) is 17.5. The van der Waals surface area contributed by atoms with Crippen LogP contribution in [-0.4, -0.2) is 18.6 Å². The van der Waals surface area contributed by atoms with E-state index in [1.807, 2.05) is 0 Å². The van der Waals surface area contributed by atoms with E-state index < -0.39 is 5.91 Å². The first-order chi connectivity index (χ1) is 13.6. The number of nitrogens with one attached hydrogen (secondary N) is 2. The van der Waals surface area contributed by atoms with Crippen molar-refractivity contribution in [1.29, 1.82) is 0 Å². The molecule has 0 atom stereocenters. The zero-order valence-electron chi connectivity index (χ0n) is 14.6. The smallest absolute Gasteiger partial charge is 0.255 e. The van der Waals surface area contributed by atoms with Crippen LogP contribution in [0.3, 0.4) is 0 Å². The number of ether oxygens (including phenoxy) is 2. The quantitative estimate of drug-likeness (QED) is 0.718. The molecule has 0 aliphatic carbocycles. The molecule has 6 nitrogen and oxygen atoms in total. The number of rotatable bonds is 4. The lowest BCUT2D eigenvalue weighted by molar-refractivity contribution is 0.102. The summed E-state index contributed by atoms with van der Waals surface area (Å²) < 4.78 is 23.5. The molecular weight excluding hydrogens is 363 g/mol. The summed E-state index contributed by atoms with van der Waals surface area (Å²) in [6, 6.07) is 16.8. The van der Waals surface area contributed by atoms with Gasteiger partial charge in [0.25, 0.3) is 11.8 Å². The minimum Gasteiger partial charge on any atom is -0.454 e. The fourth-order valence-electron chi connectivity index (χ4n) is 2.72. The van der Waals surface area contributed by atoms with E-state index in [4.69, 9.17) is 9.47 Å². The maximum Gasteiger partial charge on any atom is 0.255 e. The molecule has 2 amide bonds. The van der Waals surface area contributed by atoms with Gasteiger partial charge in [-0.3, -0.25) is 9.59 Å². The van der Waals surface area contributed by atoms with E-state index in [1.54, 1.807) is 36.4 Å². The van der Waals surface area contributed by atoms with Crippen molar-refractivity contribution in [3.63, 3.8) is 0 Å². The maximum absolute atomic E-state index is 13.0. The van der Waals surface area contributed by atoms with Gasteiger partial charge in [0.15, 0.2) is 11.5 Å². The van der Waals surface area contributed by atoms with Crippen LogP contribution in [0.25, 0.3) is 0 Å². The van der Waals surface area contributed by atoms with Gasteiger partial charge >= 0.3 is 0 Å². The van der Waals surface area contributed by atoms with Crippen LogP contribution < -0.4 is 20.1 Å². The second-order valence-electron chi connectivity index (χ2n) is 6.06. The van der Waals surface area contributed by atoms with Gasteiger partial charge in [0.2, 0.25) is 6.79 Å². The Morgan fingerprint density at radius 3 is 2.07 bits per heavy atom. The van der Waals surface area contributed by atoms with Crippen molar-refractivity contribution >= 4 is 23.2 Å². The van der Waals surface area contributed by atoms with Gasteiger partial charge in [-0.1, -0.05) is 6.07 Å². The number of anilines is 2. The Balaban J connectivity index is 1.47. The summed E-state index contributed by atoms with van der Waals surface area (Å²) in [5.74, 6) is 0.0301. The van der Waals surface area contributed by atoms with Gasteiger partial charge in [-0.15, -0.1) is 0 Å². The summed E-state index contributed by atoms with van der Waals surface area (Å²) in [5.41, 5.74) is 1.64. The highest BCUT2D eigenvalue weighted by molar-refractivity contribution is 6.08. The molecule has 140 valence electrons. The molecule has 4 rings (SSSR count). The Morgan fingerprint density at radius 1 is 0.750 bits per heavy atom. The minimum atomic E-state index is -0.399. The monoisotopic (exact) mass is 378 g/mol. The number of hydrogen-bond acceptors (Lipinski definition) is 4. The van der Waals surface area contributed by atoms with Gasteiger partial charge in [-0.2, -0.15) is 0 Å². The molecule has 0 saturated carbocycles. The normalized spacial score (nSPS) is 11.8. The van der Waals surface area contributed by atoms with Gasteiger partial charge in [0.05, 0.1) is 0 Å². The Kier molecular flexibility index (Phi) is 4.63. The molecule has 1 aliphatic heterocycles. The summed E-state index contributed by atoms with van der Waals surface area (Å²) in [7, 11) is 0. The van der Waals surface area contributed by atoms with Crippen LogP contribution in [0.1, 0.15) is 20.7 Å². The van der Waals surface area contributed by atoms with E-state index in [2.05, 4.69) is 10.6 Å². The van der Waals surface area contributed by atoms with Crippen LogP contribution in [0.15, 0.2) is 66.7 Å². The number of hydrogen-bond donors (Lipinski definition) is 2. The van der Waals surface area contributed by atoms with Gasteiger partial charge in [-0.25, -0.2) is 4.39 Å². The van der Waals surface area contributed by atoms with Crippen LogP contribution in [-0.2, 0) is 0 Å². The lowest BCUT2D eigenvalue weighted by atomic mass is 10.1. The third kappa shape index (κ3) is 3.78. The maximum atomic E-state index is 13.0. The summed E-state index contributed by atoms with van der Waals surface area (Å²) in [6.45, 7) is 0.151. The molecule has 0 aromatic heterocycles. The number of amides is 2. The zero-order valence-corrected chi connectivity index (χ0v) is 14.6. The van der Waals surface area contributed by atoms with E-state index in [1.165, 1.54) is 30.3 Å². The molecule has 0 saturated heterocycles. The molecule has 1 aliphatic rings. The number of fused-ring (bicyclic) bond motifs is 1. The molecule has 0 unspecified atom stereocenters. The van der Waals surface area contributed by atoms with Gasteiger partial charge in [-0.05, 0) is 54.6 Å². The highest BCUT2D eigenvalue weighted by atomic mass is 19.1. The fourth-order valence-corrected chi connectivity index (χ4v) is 2.72. The molecule has 0 radical (unpaired) electrons. The van der Waals surface area contributed by atoms with Crippen molar-refractivity contribution in [2.45, 2.75) is 0 Å². The lowest BCUT2D eigenvalue weighted by Gasteiger charge is -2.09. The van der Waals surface area contributed by atoms with Crippen LogP contribution in [0, 0.1) is 5.82 Å². The highest BCUT2D eigenvalue weighted by Crippen LogP contribution is 2.34. The van der Waals surface area contributed by atoms with Crippen LogP contribution >= 0.6 is 0 Å². The summed E-state index contributed by atoms with van der Waals surface area (Å²) >= 11 is 0. The van der Waals surface area contributed by atoms with Crippen molar-refractivity contribution in [3.05, 3.63) is 83.7 Å². The first-order valence-corrected chi connectivity index (χ1v) is 8.46. The van der Waals surface area contributed by atoms with Gasteiger partial charge in [0, 0.05) is 28.6 Å². The van der Waals surface area contributed by atoms with Crippen molar-refractivity contribution in [3.8, 4) is 11.5 Å². The Morgan fingerprint density at radius 2 is 1.36 bits per heavy atom. The Hall–Kier alpha value is -3.87. The van der Waals surface area contributed by atoms with Crippen LogP contribution in [0.5, 0.6) is 11.5 Å². The van der Waals surface area contributed by atoms with Crippen molar-refractivity contribution < 1.29 is 23.5 Å². The topological polar surface area (TPSA) is 76.7 Å². The summed E-state index contributed by atoms with van der Waals surface area (Å²) in [6.07, 6.45) is 0. The molecule has 1 heterocycles. The molecule has 3 aromatic rings. The van der Waals surface area contributed by atoms with Crippen LogP contribution in [0.4, 0.5) is 15.8 Å². The summed E-state index contributed by atoms with van der Waals surface area (Å²) in [5, 5.41) is 5.42. The second kappa shape index (κ2) is 7.40. The first-order valence-electron chi connectivity index (χ1n) is 8.46. The predicted octanol–water partition coefficient (Wildman–Crippen LogP) is 4.06. The lowest BCUT2D eigenvalue weighted by Crippen LogP contribution is -2.15. The van der Waals surface area contributed by atoms with E-state index in [-0.39, 0.29) is 18.5 Å². The van der Waals surface area contributed by atoms with Gasteiger partial charge < -0.3 is 20.1 Å². The third-order valence-corrected chi connectivity index (χ3v) is 4.12. The molecule has 28 heavy (non-hydrogen) atoms. The number of halogens is 1. The molecule has 0 bridgehead atoms. The highest BCUT2D eigenvalue weighted by Gasteiger charge is 2.15. The van der Waals surface area contributed by atoms with Crippen molar-refractivity contribution in [1.82, 2.24) is 0 Å². The Bertz CT molecular complexity index is 1050. The summed E-state index contributed by atoms with van der Waals surface area (Å²) in [4.78, 5) is 24.9. The molecule has 2 N–H and O–H groups in total. The molecule has 3 aromatic carbocycles. The van der Waals surface area contributed by atoms with Crippen LogP contribution in [0.2, 0.25) is 0 Å². The van der Waals surface area contributed by atoms with E-state index >= 15 is 0 Å². The SMILES string of the molecule is O=C(Nc1ccc(F)cc1)c1cccc(C(=O)Nc2ccc3c(c2)OCO3)c1. The standard InChI is InChI=1S/C21H15FN2O4/c22-15-4-6-16(7-5-15)23-20(25)13-2-1-3-14(10-13)21(26)24-17-8-9-18-19(11-17)28-12-27-18/h1-11H,12H2,(H,23,25)(H,24,26). The van der Waals surface area contributed by atoms with E-state index in [9.17, 15) is 14.0 Å². The Labute approximate surface area is 159 Å². The van der Waals surface area contributed by atoms with Crippen molar-refractivity contribution in [2.75, 3.05) is 17.4 Å². The average Bonchev–Trinajstić information content (AvgIpc) is 3.17. The zero-order chi connectivity index (χ0) is 19.5. The largest absolute Gasteiger partial charge is 0.454 e. The van der Waals surface area contributed by atoms with E-state index in [0.717, 1.165) is 0 Å². The molecule has 7 heteroatoms. The number of carbonyl (C=O) groups is 2. The number of carbonyl (C=O) groups excluding carboxylic acids is 2. The minimum absolute atomic E-state index is 0.151. The molecule has 0 spiro atoms. The van der Waals surface area contributed by atoms with E-state index in [0.29, 0.717) is 34.0 Å². The molecular formula is C21H15FN2O4. The second-order valence-corrected chi connectivity index (χ2v) is 6.06. The molecule has 0 fully saturated rings.